The molecule has 3 N–H and O–H groups in total. The summed E-state index contributed by atoms with van der Waals surface area (Å²) < 4.78 is 29.2. The first kappa shape index (κ1) is 28.4. The van der Waals surface area contributed by atoms with Gasteiger partial charge >= 0.3 is 0 Å². The second-order valence-electron chi connectivity index (χ2n) is 10.3. The van der Waals surface area contributed by atoms with Crippen molar-refractivity contribution in [1.82, 2.24) is 34.9 Å². The van der Waals surface area contributed by atoms with Crippen molar-refractivity contribution in [2.45, 2.75) is 46.3 Å². The third-order valence-electron chi connectivity index (χ3n) is 6.66. The van der Waals surface area contributed by atoms with E-state index in [2.05, 4.69) is 36.3 Å². The van der Waals surface area contributed by atoms with Gasteiger partial charge in [0.15, 0.2) is 0 Å². The minimum Gasteiger partial charge on any atom is -0.384 e. The van der Waals surface area contributed by atoms with Gasteiger partial charge in [-0.05, 0) is 69.2 Å². The molecule has 0 radical (unpaired) electrons. The fourth-order valence-electron chi connectivity index (χ4n) is 4.65. The lowest BCUT2D eigenvalue weighted by molar-refractivity contribution is 0.0736. The summed E-state index contributed by atoms with van der Waals surface area (Å²) in [5, 5.41) is 28.6. The molecule has 212 valence electrons. The van der Waals surface area contributed by atoms with Crippen molar-refractivity contribution in [3.63, 3.8) is 0 Å². The minimum atomic E-state index is -2.80. The predicted molar refractivity (Wildman–Crippen MR) is 152 cm³/mol. The number of hydrogen-bond donors (Lipinski definition) is 2. The summed E-state index contributed by atoms with van der Waals surface area (Å²) in [6, 6.07) is 15.6. The fourth-order valence-corrected chi connectivity index (χ4v) is 4.65. The Bertz CT molecular complexity index is 1840. The van der Waals surface area contributed by atoms with Gasteiger partial charge in [-0.1, -0.05) is 23.4 Å². The van der Waals surface area contributed by atoms with Crippen LogP contribution in [0.15, 0.2) is 54.7 Å². The van der Waals surface area contributed by atoms with Gasteiger partial charge in [0.05, 0.1) is 41.5 Å². The monoisotopic (exact) mass is 567 g/mol. The summed E-state index contributed by atoms with van der Waals surface area (Å²) in [5.74, 6) is -0.0699. The summed E-state index contributed by atoms with van der Waals surface area (Å²) in [6.07, 6.45) is -1.16. The van der Waals surface area contributed by atoms with Crippen LogP contribution in [0.5, 0.6) is 0 Å². The van der Waals surface area contributed by atoms with Crippen LogP contribution in [-0.2, 0) is 12.1 Å². The molecule has 0 fully saturated rings. The average molecular weight is 568 g/mol. The number of nitrogens with two attached hydrogens (primary N) is 1. The minimum absolute atomic E-state index is 0.0699. The van der Waals surface area contributed by atoms with Crippen LogP contribution < -0.4 is 5.73 Å². The maximum atomic E-state index is 13.8. The first-order chi connectivity index (χ1) is 19.9. The lowest BCUT2D eigenvalue weighted by atomic mass is 9.92. The average Bonchev–Trinajstić information content (AvgIpc) is 3.40. The summed E-state index contributed by atoms with van der Waals surface area (Å²) in [4.78, 5) is 17.5. The van der Waals surface area contributed by atoms with Gasteiger partial charge in [0.2, 0.25) is 5.95 Å². The van der Waals surface area contributed by atoms with Crippen LogP contribution in [0.25, 0.3) is 33.8 Å². The molecule has 4 heterocycles. The zero-order valence-corrected chi connectivity index (χ0v) is 23.3. The smallest absolute Gasteiger partial charge is 0.280 e. The van der Waals surface area contributed by atoms with Crippen molar-refractivity contribution in [3.05, 3.63) is 88.6 Å². The van der Waals surface area contributed by atoms with Crippen LogP contribution in [0.2, 0.25) is 0 Å². The summed E-state index contributed by atoms with van der Waals surface area (Å²) in [6.45, 7) is 6.95. The molecular weight excluding hydrogens is 540 g/mol. The molecule has 10 nitrogen and oxygen atoms in total. The lowest BCUT2D eigenvalue weighted by Crippen LogP contribution is -2.18. The predicted octanol–water partition coefficient (Wildman–Crippen LogP) is 5.14. The second kappa shape index (κ2) is 11.0. The van der Waals surface area contributed by atoms with Crippen molar-refractivity contribution in [1.29, 1.82) is 5.26 Å². The number of halogens is 2. The maximum absolute atomic E-state index is 13.8. The van der Waals surface area contributed by atoms with E-state index < -0.39 is 17.7 Å². The molecule has 5 rings (SSSR count). The number of pyridine rings is 2. The number of aromatic nitrogens is 7. The van der Waals surface area contributed by atoms with Gasteiger partial charge in [-0.25, -0.2) is 23.4 Å². The highest BCUT2D eigenvalue weighted by Crippen LogP contribution is 2.40. The molecule has 4 aromatic heterocycles. The largest absolute Gasteiger partial charge is 0.384 e. The van der Waals surface area contributed by atoms with E-state index in [0.717, 1.165) is 0 Å². The number of nitrogens with zero attached hydrogens (tertiary/aromatic N) is 8. The molecule has 42 heavy (non-hydrogen) atoms. The highest BCUT2D eigenvalue weighted by Gasteiger charge is 2.24. The molecule has 0 amide bonds. The normalized spacial score (nSPS) is 11.6. The zero-order chi connectivity index (χ0) is 30.2. The summed E-state index contributed by atoms with van der Waals surface area (Å²) in [7, 11) is 0. The van der Waals surface area contributed by atoms with E-state index in [1.54, 1.807) is 81.0 Å². The van der Waals surface area contributed by atoms with E-state index in [0.29, 0.717) is 56.3 Å². The molecule has 12 heteroatoms. The molecule has 0 saturated heterocycles. The Kier molecular flexibility index (Phi) is 7.45. The molecule has 0 unspecified atom stereocenters. The first-order valence-corrected chi connectivity index (χ1v) is 13.0. The van der Waals surface area contributed by atoms with E-state index >= 15 is 0 Å². The molecule has 0 aliphatic rings. The molecule has 0 bridgehead atoms. The van der Waals surface area contributed by atoms with Gasteiger partial charge in [0, 0.05) is 16.8 Å². The van der Waals surface area contributed by atoms with E-state index in [1.807, 2.05) is 0 Å². The number of anilines is 1. The van der Waals surface area contributed by atoms with Crippen LogP contribution in [-0.4, -0.2) is 40.0 Å². The van der Waals surface area contributed by atoms with Crippen molar-refractivity contribution < 1.29 is 13.9 Å². The van der Waals surface area contributed by atoms with Gasteiger partial charge in [0.1, 0.15) is 22.7 Å². The molecule has 0 spiro atoms. The van der Waals surface area contributed by atoms with Gasteiger partial charge in [-0.15, -0.1) is 5.10 Å². The van der Waals surface area contributed by atoms with Crippen LogP contribution in [0.4, 0.5) is 14.7 Å². The van der Waals surface area contributed by atoms with Crippen molar-refractivity contribution >= 4 is 5.95 Å². The van der Waals surface area contributed by atoms with Gasteiger partial charge < -0.3 is 10.8 Å². The van der Waals surface area contributed by atoms with Crippen LogP contribution in [0, 0.1) is 25.2 Å². The Morgan fingerprint density at radius 3 is 2.48 bits per heavy atom. The molecular formula is C30H27F2N9O. The van der Waals surface area contributed by atoms with Crippen LogP contribution in [0.1, 0.15) is 54.2 Å². The number of benzene rings is 1. The Morgan fingerprint density at radius 2 is 1.76 bits per heavy atom. The SMILES string of the molecule is Cc1cc(-c2c(-c3cn(Cc4cccc(C(C)(C)O)n4)nn3)nc(N)nc2-c2cccc(C#N)c2C)cc(C(F)F)n1. The van der Waals surface area contributed by atoms with E-state index in [-0.39, 0.29) is 18.2 Å². The maximum Gasteiger partial charge on any atom is 0.280 e. The van der Waals surface area contributed by atoms with Crippen LogP contribution in [0.3, 0.4) is 0 Å². The third-order valence-corrected chi connectivity index (χ3v) is 6.66. The van der Waals surface area contributed by atoms with Crippen molar-refractivity contribution in [2.75, 3.05) is 5.73 Å². The van der Waals surface area contributed by atoms with E-state index in [9.17, 15) is 19.1 Å². The Hall–Kier alpha value is -5.15. The van der Waals surface area contributed by atoms with Crippen LogP contribution >= 0.6 is 0 Å². The Balaban J connectivity index is 1.70. The van der Waals surface area contributed by atoms with Crippen molar-refractivity contribution in [3.8, 4) is 39.8 Å². The number of rotatable bonds is 7. The first-order valence-electron chi connectivity index (χ1n) is 13.0. The quantitative estimate of drug-likeness (QED) is 0.272. The van der Waals surface area contributed by atoms with Gasteiger partial charge in [0.25, 0.3) is 6.43 Å². The number of nitriles is 1. The number of alkyl halides is 2. The molecule has 0 saturated carbocycles. The molecule has 1 aromatic carbocycles. The zero-order valence-electron chi connectivity index (χ0n) is 23.3. The lowest BCUT2D eigenvalue weighted by Gasteiger charge is -2.17. The Labute approximate surface area is 240 Å². The summed E-state index contributed by atoms with van der Waals surface area (Å²) >= 11 is 0. The van der Waals surface area contributed by atoms with Crippen molar-refractivity contribution in [2.24, 2.45) is 0 Å². The summed E-state index contributed by atoms with van der Waals surface area (Å²) in [5.41, 5.74) is 9.59. The second-order valence-corrected chi connectivity index (χ2v) is 10.3. The fraction of sp³-hybridized carbons (Fsp3) is 0.233. The van der Waals surface area contributed by atoms with E-state index in [4.69, 9.17) is 5.73 Å². The highest BCUT2D eigenvalue weighted by molar-refractivity contribution is 5.92. The molecule has 0 atom stereocenters. The highest BCUT2D eigenvalue weighted by atomic mass is 19.3. The van der Waals surface area contributed by atoms with Gasteiger partial charge in [-0.3, -0.25) is 9.97 Å². The topological polar surface area (TPSA) is 152 Å². The number of aryl methyl sites for hydroxylation is 1. The van der Waals surface area contributed by atoms with E-state index in [1.165, 1.54) is 6.07 Å². The molecule has 0 aliphatic heterocycles. The number of hydrogen-bond acceptors (Lipinski definition) is 9. The number of aliphatic hydroxyl groups is 1. The van der Waals surface area contributed by atoms with Gasteiger partial charge in [-0.2, -0.15) is 5.26 Å². The number of nitrogen functional groups attached to an aromatic ring is 1. The standard InChI is InChI=1S/C30H27F2N9O/c1-16-11-19(12-22(35-16)28(31)32)25-26(21-9-5-7-18(13-33)17(21)2)37-29(34)38-27(25)23-15-41(40-39-23)14-20-8-6-10-24(36-20)30(3,4)42/h5-12,15,28,42H,14H2,1-4H3,(H2,34,37,38). The molecule has 0 aliphatic carbocycles. The third kappa shape index (κ3) is 5.68. The Morgan fingerprint density at radius 1 is 1.02 bits per heavy atom. The molecule has 5 aromatic rings.